The molecular formula is C19H18N4OS. The largest absolute Gasteiger partial charge is 0.340 e. The molecule has 0 saturated carbocycles. The molecule has 2 aromatic heterocycles. The third kappa shape index (κ3) is 3.58. The van der Waals surface area contributed by atoms with E-state index in [4.69, 9.17) is 4.98 Å². The van der Waals surface area contributed by atoms with Gasteiger partial charge in [0.1, 0.15) is 5.82 Å². The first kappa shape index (κ1) is 15.9. The molecule has 0 aliphatic carbocycles. The van der Waals surface area contributed by atoms with Crippen LogP contribution in [-0.2, 0) is 17.8 Å². The van der Waals surface area contributed by atoms with E-state index in [-0.39, 0.29) is 5.91 Å². The quantitative estimate of drug-likeness (QED) is 0.734. The van der Waals surface area contributed by atoms with Crippen LogP contribution >= 0.6 is 11.8 Å². The van der Waals surface area contributed by atoms with Crippen LogP contribution in [-0.4, -0.2) is 38.1 Å². The number of rotatable bonds is 4. The highest BCUT2D eigenvalue weighted by Gasteiger charge is 2.24. The first-order chi connectivity index (χ1) is 12.3. The molecule has 126 valence electrons. The van der Waals surface area contributed by atoms with Gasteiger partial charge in [0.05, 0.1) is 28.7 Å². The topological polar surface area (TPSA) is 61.9 Å². The van der Waals surface area contributed by atoms with Gasteiger partial charge in [-0.15, -0.1) is 0 Å². The van der Waals surface area contributed by atoms with Crippen molar-refractivity contribution in [2.75, 3.05) is 12.3 Å². The third-order valence-corrected chi connectivity index (χ3v) is 5.14. The van der Waals surface area contributed by atoms with E-state index in [9.17, 15) is 4.79 Å². The van der Waals surface area contributed by atoms with Crippen molar-refractivity contribution < 1.29 is 4.79 Å². The molecule has 6 heteroatoms. The number of carbonyl (C=O) groups is 1. The third-order valence-electron chi connectivity index (χ3n) is 4.21. The summed E-state index contributed by atoms with van der Waals surface area (Å²) in [6, 6.07) is 15.8. The minimum absolute atomic E-state index is 0.136. The van der Waals surface area contributed by atoms with Crippen molar-refractivity contribution in [3.05, 3.63) is 66.1 Å². The first-order valence-corrected chi connectivity index (χ1v) is 9.23. The summed E-state index contributed by atoms with van der Waals surface area (Å²) in [7, 11) is 0. The predicted molar refractivity (Wildman–Crippen MR) is 98.1 cm³/mol. The van der Waals surface area contributed by atoms with Crippen LogP contribution in [0.15, 0.2) is 59.8 Å². The van der Waals surface area contributed by atoms with Gasteiger partial charge in [-0.3, -0.25) is 4.79 Å². The zero-order chi connectivity index (χ0) is 17.1. The fourth-order valence-electron chi connectivity index (χ4n) is 2.90. The second-order valence-corrected chi connectivity index (χ2v) is 6.89. The number of aromatic nitrogens is 3. The van der Waals surface area contributed by atoms with E-state index in [1.165, 1.54) is 11.8 Å². The van der Waals surface area contributed by atoms with Crippen LogP contribution in [0.5, 0.6) is 0 Å². The van der Waals surface area contributed by atoms with Crippen molar-refractivity contribution in [3.63, 3.8) is 0 Å². The molecular weight excluding hydrogens is 332 g/mol. The van der Waals surface area contributed by atoms with E-state index in [0.29, 0.717) is 18.8 Å². The summed E-state index contributed by atoms with van der Waals surface area (Å²) in [5, 5.41) is 0.876. The summed E-state index contributed by atoms with van der Waals surface area (Å²) in [6.45, 7) is 1.31. The van der Waals surface area contributed by atoms with Crippen LogP contribution in [0.1, 0.15) is 11.4 Å². The highest BCUT2D eigenvalue weighted by molar-refractivity contribution is 7.99. The summed E-state index contributed by atoms with van der Waals surface area (Å²) in [5.74, 6) is 1.42. The van der Waals surface area contributed by atoms with Crippen LogP contribution in [0, 0.1) is 0 Å². The fraction of sp³-hybridized carbons (Fsp3) is 0.211. The maximum Gasteiger partial charge on any atom is 0.233 e. The van der Waals surface area contributed by atoms with Gasteiger partial charge in [0.15, 0.2) is 0 Å². The fourth-order valence-corrected chi connectivity index (χ4v) is 3.66. The van der Waals surface area contributed by atoms with Crippen LogP contribution in [0.25, 0.3) is 11.4 Å². The Morgan fingerprint density at radius 1 is 1.16 bits per heavy atom. The van der Waals surface area contributed by atoms with Crippen molar-refractivity contribution in [2.24, 2.45) is 0 Å². The SMILES string of the molecule is O=C(CSc1ccccn1)N1CCc2nc(-c3ccccc3)[nH]c2C1. The molecule has 0 spiro atoms. The van der Waals surface area contributed by atoms with E-state index in [1.807, 2.05) is 53.4 Å². The predicted octanol–water partition coefficient (Wildman–Crippen LogP) is 3.15. The Labute approximate surface area is 150 Å². The number of amides is 1. The molecule has 0 radical (unpaired) electrons. The van der Waals surface area contributed by atoms with E-state index in [2.05, 4.69) is 9.97 Å². The van der Waals surface area contributed by atoms with E-state index >= 15 is 0 Å². The van der Waals surface area contributed by atoms with Gasteiger partial charge in [-0.05, 0) is 12.1 Å². The smallest absolute Gasteiger partial charge is 0.233 e. The lowest BCUT2D eigenvalue weighted by molar-refractivity contribution is -0.129. The first-order valence-electron chi connectivity index (χ1n) is 8.24. The number of aromatic amines is 1. The monoisotopic (exact) mass is 350 g/mol. The van der Waals surface area contributed by atoms with E-state index in [1.54, 1.807) is 6.20 Å². The molecule has 0 unspecified atom stereocenters. The molecule has 0 atom stereocenters. The maximum atomic E-state index is 12.5. The zero-order valence-corrected chi connectivity index (χ0v) is 14.5. The van der Waals surface area contributed by atoms with Crippen LogP contribution < -0.4 is 0 Å². The normalized spacial score (nSPS) is 13.5. The molecule has 0 saturated heterocycles. The second-order valence-electron chi connectivity index (χ2n) is 5.90. The van der Waals surface area contributed by atoms with Crippen LogP contribution in [0.4, 0.5) is 0 Å². The van der Waals surface area contributed by atoms with Crippen molar-refractivity contribution >= 4 is 17.7 Å². The van der Waals surface area contributed by atoms with Gasteiger partial charge in [0.25, 0.3) is 0 Å². The molecule has 0 fully saturated rings. The van der Waals surface area contributed by atoms with Gasteiger partial charge >= 0.3 is 0 Å². The molecule has 1 amide bonds. The van der Waals surface area contributed by atoms with Crippen molar-refractivity contribution in [1.82, 2.24) is 19.9 Å². The average molecular weight is 350 g/mol. The van der Waals surface area contributed by atoms with Crippen molar-refractivity contribution in [3.8, 4) is 11.4 Å². The Morgan fingerprint density at radius 3 is 2.80 bits per heavy atom. The second kappa shape index (κ2) is 7.11. The molecule has 3 heterocycles. The molecule has 25 heavy (non-hydrogen) atoms. The van der Waals surface area contributed by atoms with Gasteiger partial charge in [-0.2, -0.15) is 0 Å². The lowest BCUT2D eigenvalue weighted by atomic mass is 10.1. The number of H-pyrrole nitrogens is 1. The number of benzene rings is 1. The van der Waals surface area contributed by atoms with Gasteiger partial charge < -0.3 is 9.88 Å². The zero-order valence-electron chi connectivity index (χ0n) is 13.7. The Hall–Kier alpha value is -2.60. The summed E-state index contributed by atoms with van der Waals surface area (Å²) < 4.78 is 0. The van der Waals surface area contributed by atoms with Crippen LogP contribution in [0.3, 0.4) is 0 Å². The Morgan fingerprint density at radius 2 is 2.00 bits per heavy atom. The summed E-state index contributed by atoms with van der Waals surface area (Å²) in [6.07, 6.45) is 2.54. The summed E-state index contributed by atoms with van der Waals surface area (Å²) >= 11 is 1.48. The van der Waals surface area contributed by atoms with Gasteiger partial charge in [-0.1, -0.05) is 48.2 Å². The highest BCUT2D eigenvalue weighted by atomic mass is 32.2. The summed E-state index contributed by atoms with van der Waals surface area (Å²) in [4.78, 5) is 26.7. The Balaban J connectivity index is 1.42. The molecule has 5 nitrogen and oxygen atoms in total. The number of nitrogens with zero attached hydrogens (tertiary/aromatic N) is 3. The molecule has 1 aliphatic rings. The lowest BCUT2D eigenvalue weighted by Gasteiger charge is -2.26. The standard InChI is InChI=1S/C19H18N4OS/c24-18(13-25-17-8-4-5-10-20-17)23-11-9-15-16(12-23)22-19(21-15)14-6-2-1-3-7-14/h1-8,10H,9,11-13H2,(H,21,22). The number of hydrogen-bond acceptors (Lipinski definition) is 4. The average Bonchev–Trinajstić information content (AvgIpc) is 3.11. The summed E-state index contributed by atoms with van der Waals surface area (Å²) in [5.41, 5.74) is 3.18. The van der Waals surface area contributed by atoms with E-state index < -0.39 is 0 Å². The Kier molecular flexibility index (Phi) is 4.52. The number of fused-ring (bicyclic) bond motifs is 1. The Bertz CT molecular complexity index is 864. The molecule has 1 N–H and O–H groups in total. The lowest BCUT2D eigenvalue weighted by Crippen LogP contribution is -2.37. The molecule has 1 aliphatic heterocycles. The highest BCUT2D eigenvalue weighted by Crippen LogP contribution is 2.23. The van der Waals surface area contributed by atoms with E-state index in [0.717, 1.165) is 34.2 Å². The molecule has 4 rings (SSSR count). The van der Waals surface area contributed by atoms with Gasteiger partial charge in [0.2, 0.25) is 5.91 Å². The molecule has 0 bridgehead atoms. The number of pyridine rings is 1. The maximum absolute atomic E-state index is 12.5. The molecule has 3 aromatic rings. The van der Waals surface area contributed by atoms with Crippen molar-refractivity contribution in [2.45, 2.75) is 18.0 Å². The number of hydrogen-bond donors (Lipinski definition) is 1. The number of carbonyl (C=O) groups excluding carboxylic acids is 1. The number of nitrogens with one attached hydrogen (secondary N) is 1. The van der Waals surface area contributed by atoms with Gasteiger partial charge in [-0.25, -0.2) is 9.97 Å². The van der Waals surface area contributed by atoms with Gasteiger partial charge in [0, 0.05) is 24.7 Å². The van der Waals surface area contributed by atoms with Crippen LogP contribution in [0.2, 0.25) is 0 Å². The number of thioether (sulfide) groups is 1. The minimum Gasteiger partial charge on any atom is -0.340 e. The minimum atomic E-state index is 0.136. The number of imidazole rings is 1. The van der Waals surface area contributed by atoms with Crippen molar-refractivity contribution in [1.29, 1.82) is 0 Å². The molecule has 1 aromatic carbocycles.